The van der Waals surface area contributed by atoms with Gasteiger partial charge < -0.3 is 11.1 Å². The molecule has 0 saturated heterocycles. The zero-order chi connectivity index (χ0) is 13.9. The molecular weight excluding hydrogens is 248 g/mol. The molecule has 3 rings (SSSR count). The molecule has 1 heterocycles. The summed E-state index contributed by atoms with van der Waals surface area (Å²) in [6.45, 7) is 2.08. The number of hydrogen-bond donors (Lipinski definition) is 2. The van der Waals surface area contributed by atoms with Crippen LogP contribution in [-0.2, 0) is 12.8 Å². The molecule has 1 aliphatic rings. The van der Waals surface area contributed by atoms with Gasteiger partial charge in [-0.15, -0.1) is 0 Å². The van der Waals surface area contributed by atoms with Gasteiger partial charge in [-0.1, -0.05) is 31.2 Å². The molecule has 1 atom stereocenters. The number of nitrogen functional groups attached to an aromatic ring is 1. The quantitative estimate of drug-likeness (QED) is 0.897. The second-order valence-corrected chi connectivity index (χ2v) is 5.23. The average molecular weight is 268 g/mol. The van der Waals surface area contributed by atoms with Crippen molar-refractivity contribution in [2.45, 2.75) is 38.6 Å². The van der Waals surface area contributed by atoms with E-state index in [1.54, 1.807) is 0 Å². The number of nitrogens with zero attached hydrogens (tertiary/aromatic N) is 2. The van der Waals surface area contributed by atoms with Gasteiger partial charge in [-0.25, -0.2) is 9.97 Å². The van der Waals surface area contributed by atoms with Crippen molar-refractivity contribution < 1.29 is 0 Å². The Kier molecular flexibility index (Phi) is 3.54. The molecule has 1 aromatic heterocycles. The van der Waals surface area contributed by atoms with Gasteiger partial charge in [-0.05, 0) is 36.8 Å². The summed E-state index contributed by atoms with van der Waals surface area (Å²) in [6.07, 6.45) is 5.87. The Balaban J connectivity index is 1.91. The highest BCUT2D eigenvalue weighted by Crippen LogP contribution is 2.33. The molecule has 4 heteroatoms. The van der Waals surface area contributed by atoms with Crippen molar-refractivity contribution >= 4 is 11.6 Å². The molecule has 0 bridgehead atoms. The van der Waals surface area contributed by atoms with Crippen molar-refractivity contribution in [3.05, 3.63) is 47.3 Å². The molecule has 0 aliphatic heterocycles. The van der Waals surface area contributed by atoms with E-state index < -0.39 is 0 Å². The standard InChI is InChI=1S/C16H20N4/c1-2-12-15(17)18-10-19-16(12)20-14-9-5-7-11-6-3-4-8-13(11)14/h3-4,6,8,10,14H,2,5,7,9H2,1H3,(H3,17,18,19,20). The van der Waals surface area contributed by atoms with E-state index in [0.29, 0.717) is 11.9 Å². The summed E-state index contributed by atoms with van der Waals surface area (Å²) in [5.41, 5.74) is 9.78. The Bertz CT molecular complexity index is 609. The van der Waals surface area contributed by atoms with Gasteiger partial charge >= 0.3 is 0 Å². The predicted molar refractivity (Wildman–Crippen MR) is 81.6 cm³/mol. The summed E-state index contributed by atoms with van der Waals surface area (Å²) in [4.78, 5) is 8.45. The van der Waals surface area contributed by atoms with Crippen LogP contribution in [0, 0.1) is 0 Å². The molecule has 0 spiro atoms. The van der Waals surface area contributed by atoms with Crippen LogP contribution in [0.3, 0.4) is 0 Å². The van der Waals surface area contributed by atoms with E-state index in [4.69, 9.17) is 5.73 Å². The highest BCUT2D eigenvalue weighted by atomic mass is 15.1. The van der Waals surface area contributed by atoms with Crippen molar-refractivity contribution in [1.82, 2.24) is 9.97 Å². The third-order valence-electron chi connectivity index (χ3n) is 4.01. The van der Waals surface area contributed by atoms with E-state index in [9.17, 15) is 0 Å². The number of benzene rings is 1. The van der Waals surface area contributed by atoms with Crippen LogP contribution in [-0.4, -0.2) is 9.97 Å². The minimum Gasteiger partial charge on any atom is -0.383 e. The Hall–Kier alpha value is -2.10. The van der Waals surface area contributed by atoms with Gasteiger partial charge in [0.1, 0.15) is 18.0 Å². The van der Waals surface area contributed by atoms with Crippen LogP contribution < -0.4 is 11.1 Å². The number of nitrogens with one attached hydrogen (secondary N) is 1. The highest BCUT2D eigenvalue weighted by Gasteiger charge is 2.21. The van der Waals surface area contributed by atoms with Crippen molar-refractivity contribution in [3.63, 3.8) is 0 Å². The Morgan fingerprint density at radius 2 is 2.15 bits per heavy atom. The van der Waals surface area contributed by atoms with E-state index in [1.165, 1.54) is 30.3 Å². The summed E-state index contributed by atoms with van der Waals surface area (Å²) in [6, 6.07) is 8.97. The van der Waals surface area contributed by atoms with E-state index in [2.05, 4.69) is 46.5 Å². The summed E-state index contributed by atoms with van der Waals surface area (Å²) in [7, 11) is 0. The lowest BCUT2D eigenvalue weighted by atomic mass is 9.87. The number of nitrogens with two attached hydrogens (primary N) is 1. The number of fused-ring (bicyclic) bond motifs is 1. The van der Waals surface area contributed by atoms with Crippen LogP contribution in [0.25, 0.3) is 0 Å². The van der Waals surface area contributed by atoms with Gasteiger partial charge in [-0.3, -0.25) is 0 Å². The number of aryl methyl sites for hydroxylation is 1. The molecule has 0 fully saturated rings. The van der Waals surface area contributed by atoms with Crippen molar-refractivity contribution in [2.24, 2.45) is 0 Å². The third-order valence-corrected chi connectivity index (χ3v) is 4.01. The van der Waals surface area contributed by atoms with Gasteiger partial charge in [0.2, 0.25) is 0 Å². The number of aromatic nitrogens is 2. The third kappa shape index (κ3) is 2.33. The van der Waals surface area contributed by atoms with Crippen LogP contribution >= 0.6 is 0 Å². The SMILES string of the molecule is CCc1c(N)ncnc1NC1CCCc2ccccc21. The molecule has 0 radical (unpaired) electrons. The predicted octanol–water partition coefficient (Wildman–Crippen LogP) is 3.11. The van der Waals surface area contributed by atoms with Crippen LogP contribution in [0.4, 0.5) is 11.6 Å². The van der Waals surface area contributed by atoms with Crippen LogP contribution in [0.2, 0.25) is 0 Å². The Morgan fingerprint density at radius 3 is 3.00 bits per heavy atom. The van der Waals surface area contributed by atoms with E-state index >= 15 is 0 Å². The number of rotatable bonds is 3. The molecule has 20 heavy (non-hydrogen) atoms. The minimum atomic E-state index is 0.319. The molecule has 1 aromatic carbocycles. The van der Waals surface area contributed by atoms with Gasteiger partial charge in [-0.2, -0.15) is 0 Å². The molecule has 104 valence electrons. The summed E-state index contributed by atoms with van der Waals surface area (Å²) >= 11 is 0. The first-order valence-corrected chi connectivity index (χ1v) is 7.23. The number of hydrogen-bond acceptors (Lipinski definition) is 4. The minimum absolute atomic E-state index is 0.319. The fourth-order valence-corrected chi connectivity index (χ4v) is 2.97. The molecule has 2 aromatic rings. The summed E-state index contributed by atoms with van der Waals surface area (Å²) in [5.74, 6) is 1.45. The molecule has 0 saturated carbocycles. The lowest BCUT2D eigenvalue weighted by Crippen LogP contribution is -2.19. The molecule has 4 nitrogen and oxygen atoms in total. The summed E-state index contributed by atoms with van der Waals surface area (Å²) < 4.78 is 0. The monoisotopic (exact) mass is 268 g/mol. The fourth-order valence-electron chi connectivity index (χ4n) is 2.97. The first kappa shape index (κ1) is 12.9. The largest absolute Gasteiger partial charge is 0.383 e. The summed E-state index contributed by atoms with van der Waals surface area (Å²) in [5, 5.41) is 3.57. The normalized spacial score (nSPS) is 17.6. The maximum atomic E-state index is 5.94. The van der Waals surface area contributed by atoms with Gasteiger partial charge in [0.15, 0.2) is 0 Å². The Labute approximate surface area is 119 Å². The average Bonchev–Trinajstić information content (AvgIpc) is 2.48. The van der Waals surface area contributed by atoms with Gasteiger partial charge in [0.25, 0.3) is 0 Å². The molecule has 3 N–H and O–H groups in total. The lowest BCUT2D eigenvalue weighted by Gasteiger charge is -2.27. The first-order valence-electron chi connectivity index (χ1n) is 7.23. The van der Waals surface area contributed by atoms with Crippen molar-refractivity contribution in [1.29, 1.82) is 0 Å². The highest BCUT2D eigenvalue weighted by molar-refractivity contribution is 5.56. The van der Waals surface area contributed by atoms with Crippen LogP contribution in [0.5, 0.6) is 0 Å². The van der Waals surface area contributed by atoms with Crippen LogP contribution in [0.1, 0.15) is 42.5 Å². The smallest absolute Gasteiger partial charge is 0.135 e. The van der Waals surface area contributed by atoms with E-state index in [0.717, 1.165) is 24.2 Å². The molecule has 1 unspecified atom stereocenters. The molecule has 1 aliphatic carbocycles. The molecule has 0 amide bonds. The zero-order valence-electron chi connectivity index (χ0n) is 11.8. The Morgan fingerprint density at radius 1 is 1.30 bits per heavy atom. The number of anilines is 2. The molecular formula is C16H20N4. The van der Waals surface area contributed by atoms with Crippen molar-refractivity contribution in [2.75, 3.05) is 11.1 Å². The van der Waals surface area contributed by atoms with Gasteiger partial charge in [0, 0.05) is 5.56 Å². The van der Waals surface area contributed by atoms with Crippen molar-refractivity contribution in [3.8, 4) is 0 Å². The van der Waals surface area contributed by atoms with E-state index in [1.807, 2.05) is 0 Å². The van der Waals surface area contributed by atoms with Crippen LogP contribution in [0.15, 0.2) is 30.6 Å². The van der Waals surface area contributed by atoms with E-state index in [-0.39, 0.29) is 0 Å². The first-order chi connectivity index (χ1) is 9.79. The second-order valence-electron chi connectivity index (χ2n) is 5.23. The van der Waals surface area contributed by atoms with Gasteiger partial charge in [0.05, 0.1) is 6.04 Å². The maximum absolute atomic E-state index is 5.94. The fraction of sp³-hybridized carbons (Fsp3) is 0.375. The lowest BCUT2D eigenvalue weighted by molar-refractivity contribution is 0.598. The second kappa shape index (κ2) is 5.49. The maximum Gasteiger partial charge on any atom is 0.135 e. The zero-order valence-corrected chi connectivity index (χ0v) is 11.8. The topological polar surface area (TPSA) is 63.8 Å².